The quantitative estimate of drug-likeness (QED) is 0.502. The summed E-state index contributed by atoms with van der Waals surface area (Å²) in [6.45, 7) is 9.20. The first-order valence-electron chi connectivity index (χ1n) is 11.4. The number of nitrogens with one attached hydrogen (secondary N) is 2. The van der Waals surface area contributed by atoms with Gasteiger partial charge in [0.15, 0.2) is 0 Å². The lowest BCUT2D eigenvalue weighted by atomic mass is 9.88. The van der Waals surface area contributed by atoms with Gasteiger partial charge in [-0.1, -0.05) is 31.5 Å². The van der Waals surface area contributed by atoms with Gasteiger partial charge in [-0.3, -0.25) is 9.59 Å². The topological polar surface area (TPSA) is 108 Å². The van der Waals surface area contributed by atoms with E-state index in [0.717, 1.165) is 32.1 Å². The van der Waals surface area contributed by atoms with E-state index in [0.29, 0.717) is 17.7 Å². The average Bonchev–Trinajstić information content (AvgIpc) is 2.66. The van der Waals surface area contributed by atoms with Crippen LogP contribution in [0.15, 0.2) is 18.2 Å². The van der Waals surface area contributed by atoms with Gasteiger partial charge in [0.2, 0.25) is 11.8 Å². The number of hydrogen-bond donors (Lipinski definition) is 3. The van der Waals surface area contributed by atoms with Crippen molar-refractivity contribution in [3.05, 3.63) is 29.3 Å². The molecule has 8 nitrogen and oxygen atoms in total. The first-order chi connectivity index (χ1) is 15.0. The van der Waals surface area contributed by atoms with E-state index >= 15 is 0 Å². The van der Waals surface area contributed by atoms with Crippen molar-refractivity contribution in [1.82, 2.24) is 15.5 Å². The van der Waals surface area contributed by atoms with Gasteiger partial charge >= 0.3 is 6.09 Å². The van der Waals surface area contributed by atoms with Gasteiger partial charge in [-0.15, -0.1) is 0 Å². The van der Waals surface area contributed by atoms with Crippen LogP contribution in [0.1, 0.15) is 77.0 Å². The SMILES string of the molecule is CCCCNC(=O)C(c1cccc(C)c1O)N(C(=O)CNC(=O)OC(C)(C)C)C1CCC1. The van der Waals surface area contributed by atoms with E-state index in [9.17, 15) is 19.5 Å². The standard InChI is InChI=1S/C24H37N3O5/c1-6-7-14-25-22(30)20(18-13-8-10-16(2)21(18)29)27(17-11-9-12-17)19(28)15-26-23(31)32-24(3,4)5/h8,10,13,17,20,29H,6-7,9,11-12,14-15H2,1-5H3,(H,25,30)(H,26,31). The molecule has 0 spiro atoms. The van der Waals surface area contributed by atoms with Crippen LogP contribution in [-0.4, -0.2) is 52.6 Å². The minimum Gasteiger partial charge on any atom is -0.507 e. The van der Waals surface area contributed by atoms with Crippen LogP contribution in [0, 0.1) is 6.92 Å². The van der Waals surface area contributed by atoms with Gasteiger partial charge in [0.25, 0.3) is 0 Å². The normalized spacial score (nSPS) is 14.8. The van der Waals surface area contributed by atoms with Crippen molar-refractivity contribution in [3.8, 4) is 5.75 Å². The van der Waals surface area contributed by atoms with Crippen LogP contribution in [-0.2, 0) is 14.3 Å². The average molecular weight is 448 g/mol. The Labute approximate surface area is 190 Å². The summed E-state index contributed by atoms with van der Waals surface area (Å²) in [6.07, 6.45) is 3.54. The van der Waals surface area contributed by atoms with Crippen molar-refractivity contribution in [2.24, 2.45) is 0 Å². The van der Waals surface area contributed by atoms with Gasteiger partial charge in [0.1, 0.15) is 23.9 Å². The lowest BCUT2D eigenvalue weighted by Gasteiger charge is -2.42. The van der Waals surface area contributed by atoms with Crippen LogP contribution in [0.25, 0.3) is 0 Å². The number of unbranched alkanes of at least 4 members (excludes halogenated alkanes) is 1. The number of phenols is 1. The molecule has 0 saturated heterocycles. The summed E-state index contributed by atoms with van der Waals surface area (Å²) in [5.74, 6) is -0.727. The smallest absolute Gasteiger partial charge is 0.408 e. The molecular weight excluding hydrogens is 410 g/mol. The highest BCUT2D eigenvalue weighted by Gasteiger charge is 2.40. The first kappa shape index (κ1) is 25.5. The number of para-hydroxylation sites is 1. The molecule has 0 bridgehead atoms. The zero-order valence-electron chi connectivity index (χ0n) is 19.9. The fourth-order valence-corrected chi connectivity index (χ4v) is 3.58. The molecule has 1 atom stereocenters. The summed E-state index contributed by atoms with van der Waals surface area (Å²) in [6, 6.07) is 4.07. The Morgan fingerprint density at radius 2 is 1.91 bits per heavy atom. The van der Waals surface area contributed by atoms with Crippen molar-refractivity contribution >= 4 is 17.9 Å². The number of aromatic hydroxyl groups is 1. The van der Waals surface area contributed by atoms with Crippen LogP contribution in [0.2, 0.25) is 0 Å². The van der Waals surface area contributed by atoms with E-state index in [2.05, 4.69) is 10.6 Å². The molecule has 1 unspecified atom stereocenters. The maximum atomic E-state index is 13.3. The Balaban J connectivity index is 2.32. The van der Waals surface area contributed by atoms with E-state index < -0.39 is 23.6 Å². The van der Waals surface area contributed by atoms with Gasteiger partial charge in [0, 0.05) is 18.2 Å². The first-order valence-corrected chi connectivity index (χ1v) is 11.4. The third-order valence-electron chi connectivity index (χ3n) is 5.46. The zero-order chi connectivity index (χ0) is 23.9. The van der Waals surface area contributed by atoms with E-state index in [1.54, 1.807) is 45.9 Å². The number of aryl methyl sites for hydroxylation is 1. The van der Waals surface area contributed by atoms with E-state index in [1.807, 2.05) is 6.92 Å². The largest absolute Gasteiger partial charge is 0.507 e. The maximum absolute atomic E-state index is 13.3. The number of carbonyl (C=O) groups is 3. The minimum absolute atomic E-state index is 0.000339. The van der Waals surface area contributed by atoms with Gasteiger partial charge < -0.3 is 25.4 Å². The number of rotatable bonds is 9. The number of hydrogen-bond acceptors (Lipinski definition) is 5. The zero-order valence-corrected chi connectivity index (χ0v) is 19.9. The van der Waals surface area contributed by atoms with Crippen molar-refractivity contribution < 1.29 is 24.2 Å². The highest BCUT2D eigenvalue weighted by atomic mass is 16.6. The van der Waals surface area contributed by atoms with Crippen LogP contribution >= 0.6 is 0 Å². The third-order valence-corrected chi connectivity index (χ3v) is 5.46. The van der Waals surface area contributed by atoms with Gasteiger partial charge in [-0.05, 0) is 58.9 Å². The summed E-state index contributed by atoms with van der Waals surface area (Å²) < 4.78 is 5.22. The van der Waals surface area contributed by atoms with Crippen LogP contribution < -0.4 is 10.6 Å². The Morgan fingerprint density at radius 3 is 2.47 bits per heavy atom. The minimum atomic E-state index is -0.981. The molecule has 1 fully saturated rings. The van der Waals surface area contributed by atoms with Crippen molar-refractivity contribution in [1.29, 1.82) is 0 Å². The number of alkyl carbamates (subject to hydrolysis) is 1. The second-order valence-electron chi connectivity index (χ2n) is 9.30. The van der Waals surface area contributed by atoms with Gasteiger partial charge in [-0.25, -0.2) is 4.79 Å². The maximum Gasteiger partial charge on any atom is 0.408 e. The predicted octanol–water partition coefficient (Wildman–Crippen LogP) is 3.56. The van der Waals surface area contributed by atoms with E-state index in [-0.39, 0.29) is 24.2 Å². The number of ether oxygens (including phenoxy) is 1. The molecule has 0 aromatic heterocycles. The summed E-state index contributed by atoms with van der Waals surface area (Å²) >= 11 is 0. The Morgan fingerprint density at radius 1 is 1.22 bits per heavy atom. The monoisotopic (exact) mass is 447 g/mol. The molecule has 1 aliphatic rings. The van der Waals surface area contributed by atoms with E-state index in [4.69, 9.17) is 4.74 Å². The fourth-order valence-electron chi connectivity index (χ4n) is 3.58. The summed E-state index contributed by atoms with van der Waals surface area (Å²) in [5.41, 5.74) is 0.328. The highest BCUT2D eigenvalue weighted by molar-refractivity contribution is 5.91. The molecule has 3 amide bonds. The number of carbonyl (C=O) groups excluding carboxylic acids is 3. The molecule has 0 aliphatic heterocycles. The molecule has 178 valence electrons. The second kappa shape index (κ2) is 11.2. The van der Waals surface area contributed by atoms with Gasteiger partial charge in [0.05, 0.1) is 0 Å². The fraction of sp³-hybridized carbons (Fsp3) is 0.625. The Kier molecular flexibility index (Phi) is 8.92. The third kappa shape index (κ3) is 6.87. The Bertz CT molecular complexity index is 814. The molecule has 8 heteroatoms. The predicted molar refractivity (Wildman–Crippen MR) is 122 cm³/mol. The number of phenolic OH excluding ortho intramolecular Hbond substituents is 1. The molecule has 1 aromatic rings. The molecule has 0 heterocycles. The van der Waals surface area contributed by atoms with Crippen molar-refractivity contribution in [2.75, 3.05) is 13.1 Å². The molecule has 1 aliphatic carbocycles. The summed E-state index contributed by atoms with van der Waals surface area (Å²) in [7, 11) is 0. The van der Waals surface area contributed by atoms with Crippen LogP contribution in [0.3, 0.4) is 0 Å². The van der Waals surface area contributed by atoms with Crippen LogP contribution in [0.5, 0.6) is 5.75 Å². The molecular formula is C24H37N3O5. The van der Waals surface area contributed by atoms with Crippen molar-refractivity contribution in [3.63, 3.8) is 0 Å². The summed E-state index contributed by atoms with van der Waals surface area (Å²) in [5, 5.41) is 16.1. The molecule has 0 radical (unpaired) electrons. The molecule has 1 aromatic carbocycles. The molecule has 2 rings (SSSR count). The number of nitrogens with zero attached hydrogens (tertiary/aromatic N) is 1. The lowest BCUT2D eigenvalue weighted by molar-refractivity contribution is -0.145. The Hall–Kier alpha value is -2.77. The molecule has 3 N–H and O–H groups in total. The second-order valence-corrected chi connectivity index (χ2v) is 9.30. The summed E-state index contributed by atoms with van der Waals surface area (Å²) in [4.78, 5) is 40.1. The van der Waals surface area contributed by atoms with E-state index in [1.165, 1.54) is 4.90 Å². The number of benzene rings is 1. The van der Waals surface area contributed by atoms with Crippen LogP contribution in [0.4, 0.5) is 4.79 Å². The molecule has 32 heavy (non-hydrogen) atoms. The van der Waals surface area contributed by atoms with Gasteiger partial charge in [-0.2, -0.15) is 0 Å². The lowest BCUT2D eigenvalue weighted by Crippen LogP contribution is -2.54. The van der Waals surface area contributed by atoms with Crippen molar-refractivity contribution in [2.45, 2.75) is 84.4 Å². The number of amides is 3. The molecule has 1 saturated carbocycles. The highest BCUT2D eigenvalue weighted by Crippen LogP contribution is 2.37.